The summed E-state index contributed by atoms with van der Waals surface area (Å²) in [5.41, 5.74) is -1.09. The SMILES string of the molecule is O=C(c1ccc(Br)cc1)c1ccc(Br)cc1C(F)(F)F. The second-order valence-electron chi connectivity index (χ2n) is 4.02. The molecule has 0 bridgehead atoms. The number of hydrogen-bond donors (Lipinski definition) is 0. The molecule has 0 saturated heterocycles. The average molecular weight is 408 g/mol. The van der Waals surface area contributed by atoms with Crippen LogP contribution in [-0.2, 0) is 6.18 Å². The molecule has 0 radical (unpaired) electrons. The summed E-state index contributed by atoms with van der Waals surface area (Å²) < 4.78 is 40.0. The predicted molar refractivity (Wildman–Crippen MR) is 76.7 cm³/mol. The highest BCUT2D eigenvalue weighted by molar-refractivity contribution is 9.10. The molecule has 2 aromatic carbocycles. The van der Waals surface area contributed by atoms with Crippen molar-refractivity contribution in [2.45, 2.75) is 6.18 Å². The molecule has 0 aliphatic carbocycles. The molecule has 104 valence electrons. The summed E-state index contributed by atoms with van der Waals surface area (Å²) in [6, 6.07) is 9.69. The number of ketones is 1. The van der Waals surface area contributed by atoms with Crippen LogP contribution in [0.3, 0.4) is 0 Å². The molecule has 2 aromatic rings. The summed E-state index contributed by atoms with van der Waals surface area (Å²) >= 11 is 6.20. The molecule has 0 aliphatic rings. The lowest BCUT2D eigenvalue weighted by Crippen LogP contribution is -2.13. The highest BCUT2D eigenvalue weighted by Crippen LogP contribution is 2.34. The summed E-state index contributed by atoms with van der Waals surface area (Å²) in [6.07, 6.45) is -4.58. The zero-order valence-electron chi connectivity index (χ0n) is 9.84. The van der Waals surface area contributed by atoms with E-state index < -0.39 is 17.5 Å². The van der Waals surface area contributed by atoms with Crippen LogP contribution < -0.4 is 0 Å². The number of carbonyl (C=O) groups excluding carboxylic acids is 1. The lowest BCUT2D eigenvalue weighted by molar-refractivity contribution is -0.137. The number of halogens is 5. The molecule has 6 heteroatoms. The fourth-order valence-electron chi connectivity index (χ4n) is 1.71. The maximum Gasteiger partial charge on any atom is 0.417 e. The monoisotopic (exact) mass is 406 g/mol. The van der Waals surface area contributed by atoms with E-state index in [-0.39, 0.29) is 15.6 Å². The Bertz CT molecular complexity index is 648. The number of carbonyl (C=O) groups is 1. The van der Waals surface area contributed by atoms with Crippen molar-refractivity contribution in [2.75, 3.05) is 0 Å². The van der Waals surface area contributed by atoms with Gasteiger partial charge in [-0.3, -0.25) is 4.79 Å². The van der Waals surface area contributed by atoms with E-state index in [1.54, 1.807) is 12.1 Å². The fourth-order valence-corrected chi connectivity index (χ4v) is 2.33. The first kappa shape index (κ1) is 15.3. The van der Waals surface area contributed by atoms with E-state index in [9.17, 15) is 18.0 Å². The minimum atomic E-state index is -4.58. The summed E-state index contributed by atoms with van der Waals surface area (Å²) in [4.78, 5) is 12.2. The third kappa shape index (κ3) is 3.30. The van der Waals surface area contributed by atoms with Crippen LogP contribution in [0.15, 0.2) is 51.4 Å². The predicted octanol–water partition coefficient (Wildman–Crippen LogP) is 5.46. The molecule has 0 heterocycles. The Hall–Kier alpha value is -1.14. The summed E-state index contributed by atoms with van der Waals surface area (Å²) in [5, 5.41) is 0. The minimum absolute atomic E-state index is 0.209. The van der Waals surface area contributed by atoms with Crippen LogP contribution in [0.2, 0.25) is 0 Å². The maximum absolute atomic E-state index is 13.0. The van der Waals surface area contributed by atoms with E-state index in [0.29, 0.717) is 0 Å². The summed E-state index contributed by atoms with van der Waals surface area (Å²) in [7, 11) is 0. The minimum Gasteiger partial charge on any atom is -0.289 e. The topological polar surface area (TPSA) is 17.1 Å². The van der Waals surface area contributed by atoms with Gasteiger partial charge in [0.2, 0.25) is 0 Å². The van der Waals surface area contributed by atoms with Gasteiger partial charge in [0.05, 0.1) is 5.56 Å². The smallest absolute Gasteiger partial charge is 0.289 e. The van der Waals surface area contributed by atoms with Gasteiger partial charge in [-0.1, -0.05) is 31.9 Å². The maximum atomic E-state index is 13.0. The standard InChI is InChI=1S/C14H7Br2F3O/c15-9-3-1-8(2-4-9)13(20)11-6-5-10(16)7-12(11)14(17,18)19/h1-7H. The summed E-state index contributed by atoms with van der Waals surface area (Å²) in [5.74, 6) is -0.655. The van der Waals surface area contributed by atoms with Crippen LogP contribution >= 0.6 is 31.9 Å². The first-order valence-corrected chi connectivity index (χ1v) is 7.04. The van der Waals surface area contributed by atoms with Gasteiger partial charge in [-0.15, -0.1) is 0 Å². The van der Waals surface area contributed by atoms with Gasteiger partial charge >= 0.3 is 6.18 Å². The Morgan fingerprint density at radius 1 is 0.900 bits per heavy atom. The van der Waals surface area contributed by atoms with Gasteiger partial charge in [0.25, 0.3) is 0 Å². The van der Waals surface area contributed by atoms with E-state index in [2.05, 4.69) is 31.9 Å². The Morgan fingerprint density at radius 2 is 1.45 bits per heavy atom. The highest BCUT2D eigenvalue weighted by atomic mass is 79.9. The number of rotatable bonds is 2. The molecule has 0 amide bonds. The molecule has 0 spiro atoms. The molecule has 2 rings (SSSR count). The van der Waals surface area contributed by atoms with Gasteiger partial charge in [0, 0.05) is 20.1 Å². The van der Waals surface area contributed by atoms with E-state index in [4.69, 9.17) is 0 Å². The first-order chi connectivity index (χ1) is 9.29. The Morgan fingerprint density at radius 3 is 2.00 bits per heavy atom. The van der Waals surface area contributed by atoms with Gasteiger partial charge in [0.15, 0.2) is 5.78 Å². The lowest BCUT2D eigenvalue weighted by Gasteiger charge is -2.12. The molecule has 0 N–H and O–H groups in total. The highest BCUT2D eigenvalue weighted by Gasteiger charge is 2.35. The Labute approximate surface area is 130 Å². The van der Waals surface area contributed by atoms with Crippen molar-refractivity contribution in [1.82, 2.24) is 0 Å². The third-order valence-corrected chi connectivity index (χ3v) is 3.66. The van der Waals surface area contributed by atoms with Crippen LogP contribution in [-0.4, -0.2) is 5.78 Å². The normalized spacial score (nSPS) is 11.4. The number of hydrogen-bond acceptors (Lipinski definition) is 1. The average Bonchev–Trinajstić information content (AvgIpc) is 2.38. The van der Waals surface area contributed by atoms with Crippen molar-refractivity contribution in [3.8, 4) is 0 Å². The fraction of sp³-hybridized carbons (Fsp3) is 0.0714. The molecule has 0 aromatic heterocycles. The molecule has 0 aliphatic heterocycles. The van der Waals surface area contributed by atoms with Crippen molar-refractivity contribution in [1.29, 1.82) is 0 Å². The van der Waals surface area contributed by atoms with Crippen molar-refractivity contribution < 1.29 is 18.0 Å². The van der Waals surface area contributed by atoms with Crippen molar-refractivity contribution in [3.05, 3.63) is 68.1 Å². The van der Waals surface area contributed by atoms with Crippen LogP contribution in [0.4, 0.5) is 13.2 Å². The first-order valence-electron chi connectivity index (χ1n) is 5.46. The van der Waals surface area contributed by atoms with Gasteiger partial charge in [0.1, 0.15) is 0 Å². The van der Waals surface area contributed by atoms with Crippen LogP contribution in [0.5, 0.6) is 0 Å². The van der Waals surface area contributed by atoms with E-state index in [1.807, 2.05) is 0 Å². The lowest BCUT2D eigenvalue weighted by atomic mass is 9.98. The molecular formula is C14H7Br2F3O. The van der Waals surface area contributed by atoms with Gasteiger partial charge in [-0.2, -0.15) is 13.2 Å². The van der Waals surface area contributed by atoms with Gasteiger partial charge < -0.3 is 0 Å². The largest absolute Gasteiger partial charge is 0.417 e. The zero-order valence-corrected chi connectivity index (χ0v) is 13.0. The molecule has 20 heavy (non-hydrogen) atoms. The van der Waals surface area contributed by atoms with Crippen LogP contribution in [0.25, 0.3) is 0 Å². The van der Waals surface area contributed by atoms with E-state index in [0.717, 1.165) is 10.5 Å². The molecule has 0 atom stereocenters. The Kier molecular flexibility index (Phi) is 4.34. The zero-order chi connectivity index (χ0) is 14.9. The molecule has 0 unspecified atom stereocenters. The van der Waals surface area contributed by atoms with Crippen molar-refractivity contribution in [3.63, 3.8) is 0 Å². The molecule has 0 fully saturated rings. The van der Waals surface area contributed by atoms with E-state index in [1.165, 1.54) is 24.3 Å². The molecular weight excluding hydrogens is 401 g/mol. The quantitative estimate of drug-likeness (QED) is 0.604. The van der Waals surface area contributed by atoms with Gasteiger partial charge in [-0.05, 0) is 42.5 Å². The van der Waals surface area contributed by atoms with Crippen molar-refractivity contribution >= 4 is 37.6 Å². The Balaban J connectivity index is 2.52. The number of alkyl halides is 3. The van der Waals surface area contributed by atoms with Crippen molar-refractivity contribution in [2.24, 2.45) is 0 Å². The molecule has 1 nitrogen and oxygen atoms in total. The second kappa shape index (κ2) is 5.69. The third-order valence-electron chi connectivity index (χ3n) is 2.64. The summed E-state index contributed by atoms with van der Waals surface area (Å²) in [6.45, 7) is 0. The van der Waals surface area contributed by atoms with Crippen LogP contribution in [0.1, 0.15) is 21.5 Å². The van der Waals surface area contributed by atoms with Gasteiger partial charge in [-0.25, -0.2) is 0 Å². The molecule has 0 saturated carbocycles. The van der Waals surface area contributed by atoms with E-state index >= 15 is 0 Å². The number of benzene rings is 2. The second-order valence-corrected chi connectivity index (χ2v) is 5.86. The van der Waals surface area contributed by atoms with Crippen LogP contribution in [0, 0.1) is 0 Å².